The van der Waals surface area contributed by atoms with Gasteiger partial charge in [-0.2, -0.15) is 0 Å². The molecule has 4 aliphatic rings. The van der Waals surface area contributed by atoms with Crippen molar-refractivity contribution in [2.75, 3.05) is 39.4 Å². The van der Waals surface area contributed by atoms with E-state index in [1.54, 1.807) is 0 Å². The number of carbonyl (C=O) groups is 2. The van der Waals surface area contributed by atoms with Gasteiger partial charge in [0, 0.05) is 0 Å². The molecule has 0 amide bonds. The van der Waals surface area contributed by atoms with Crippen LogP contribution in [0.2, 0.25) is 0 Å². The van der Waals surface area contributed by atoms with Gasteiger partial charge < -0.3 is 39.9 Å². The Labute approximate surface area is 141 Å². The van der Waals surface area contributed by atoms with Gasteiger partial charge in [-0.3, -0.25) is 0 Å². The summed E-state index contributed by atoms with van der Waals surface area (Å²) in [7, 11) is 0. The Morgan fingerprint density at radius 1 is 0.667 bits per heavy atom. The Bertz CT molecular complexity index is 378. The molecule has 8 nitrogen and oxygen atoms in total. The zero-order chi connectivity index (χ0) is 17.5. The zero-order valence-corrected chi connectivity index (χ0v) is 13.9. The molecular formula is C16H26N2O6-2. The highest BCUT2D eigenvalue weighted by Gasteiger charge is 2.39. The molecule has 0 unspecified atom stereocenters. The molecule has 2 spiro atoms. The summed E-state index contributed by atoms with van der Waals surface area (Å²) in [6.07, 6.45) is 7.52. The van der Waals surface area contributed by atoms with Gasteiger partial charge in [0.25, 0.3) is 0 Å². The number of hydrogen-bond donors (Lipinski definition) is 2. The number of hydrogen-bond acceptors (Lipinski definition) is 8. The predicted octanol–water partition coefficient (Wildman–Crippen LogP) is -2.46. The van der Waals surface area contributed by atoms with Crippen molar-refractivity contribution < 1.29 is 29.3 Å². The van der Waals surface area contributed by atoms with E-state index in [0.29, 0.717) is 11.2 Å². The summed E-state index contributed by atoms with van der Waals surface area (Å²) >= 11 is 0. The van der Waals surface area contributed by atoms with Crippen molar-refractivity contribution in [3.63, 3.8) is 0 Å². The van der Waals surface area contributed by atoms with Crippen LogP contribution in [0.4, 0.5) is 0 Å². The lowest BCUT2D eigenvalue weighted by Gasteiger charge is -2.44. The van der Waals surface area contributed by atoms with Gasteiger partial charge in [0.1, 0.15) is 0 Å². The molecule has 0 saturated carbocycles. The number of nitrogens with one attached hydrogen (secondary N) is 2. The van der Waals surface area contributed by atoms with Crippen LogP contribution < -0.4 is 20.8 Å². The fraction of sp³-hybridized carbons (Fsp3) is 0.875. The SMILES string of the molecule is C1CC2(CCN1)CCO2.C1CC2(CCN1)CCO2.O=C([O-])C(=O)[O-]. The van der Waals surface area contributed by atoms with Gasteiger partial charge in [0.2, 0.25) is 0 Å². The minimum atomic E-state index is -2.19. The Hall–Kier alpha value is -1.22. The van der Waals surface area contributed by atoms with Crippen molar-refractivity contribution in [2.24, 2.45) is 0 Å². The Morgan fingerprint density at radius 3 is 1.08 bits per heavy atom. The number of aliphatic carboxylic acids is 2. The van der Waals surface area contributed by atoms with Crippen molar-refractivity contribution in [3.8, 4) is 0 Å². The number of ether oxygens (including phenoxy) is 2. The van der Waals surface area contributed by atoms with Crippen molar-refractivity contribution in [3.05, 3.63) is 0 Å². The predicted molar refractivity (Wildman–Crippen MR) is 80.8 cm³/mol. The Morgan fingerprint density at radius 2 is 0.958 bits per heavy atom. The van der Waals surface area contributed by atoms with Gasteiger partial charge in [0.05, 0.1) is 36.4 Å². The Balaban J connectivity index is 0.000000134. The van der Waals surface area contributed by atoms with Gasteiger partial charge in [0.15, 0.2) is 0 Å². The average molecular weight is 342 g/mol. The standard InChI is InChI=1S/2C7H13NO.C2H2O4/c2*1-4-8-5-2-7(1)3-6-9-7;3-1(4)2(5)6/h2*8H,1-6H2;(H,3,4)(H,5,6)/p-2. The first-order chi connectivity index (χ1) is 11.5. The van der Waals surface area contributed by atoms with Gasteiger partial charge >= 0.3 is 0 Å². The summed E-state index contributed by atoms with van der Waals surface area (Å²) in [5, 5.41) is 24.5. The molecule has 0 atom stereocenters. The van der Waals surface area contributed by atoms with E-state index in [9.17, 15) is 0 Å². The van der Waals surface area contributed by atoms with Crippen LogP contribution in [-0.4, -0.2) is 62.5 Å². The lowest BCUT2D eigenvalue weighted by Crippen LogP contribution is -2.51. The maximum atomic E-state index is 8.93. The normalized spacial score (nSPS) is 25.8. The summed E-state index contributed by atoms with van der Waals surface area (Å²) in [5.41, 5.74) is 0.677. The minimum absolute atomic E-state index is 0.339. The molecule has 4 heterocycles. The van der Waals surface area contributed by atoms with Crippen LogP contribution in [0, 0.1) is 0 Å². The fourth-order valence-corrected chi connectivity index (χ4v) is 3.33. The molecule has 0 aromatic heterocycles. The molecule has 0 aromatic rings. The molecule has 138 valence electrons. The van der Waals surface area contributed by atoms with Crippen LogP contribution in [-0.2, 0) is 19.1 Å². The number of carboxylic acid groups (broad SMARTS) is 2. The molecule has 0 radical (unpaired) electrons. The van der Waals surface area contributed by atoms with Crippen LogP contribution >= 0.6 is 0 Å². The highest BCUT2D eigenvalue weighted by molar-refractivity contribution is 6.25. The van der Waals surface area contributed by atoms with Crippen LogP contribution in [0.1, 0.15) is 38.5 Å². The largest absolute Gasteiger partial charge is 0.543 e. The van der Waals surface area contributed by atoms with Crippen molar-refractivity contribution in [2.45, 2.75) is 49.7 Å². The van der Waals surface area contributed by atoms with E-state index in [4.69, 9.17) is 29.3 Å². The topological polar surface area (TPSA) is 123 Å². The van der Waals surface area contributed by atoms with Gasteiger partial charge in [-0.05, 0) is 64.7 Å². The van der Waals surface area contributed by atoms with Crippen LogP contribution in [0.5, 0.6) is 0 Å². The number of carbonyl (C=O) groups excluding carboxylic acids is 2. The average Bonchev–Trinajstić information content (AvgIpc) is 2.55. The van der Waals surface area contributed by atoms with E-state index >= 15 is 0 Å². The molecule has 4 fully saturated rings. The third-order valence-electron chi connectivity index (χ3n) is 5.13. The third-order valence-corrected chi connectivity index (χ3v) is 5.13. The quantitative estimate of drug-likeness (QED) is 0.465. The molecular weight excluding hydrogens is 316 g/mol. The van der Waals surface area contributed by atoms with Crippen molar-refractivity contribution >= 4 is 11.9 Å². The highest BCUT2D eigenvalue weighted by atomic mass is 16.5. The van der Waals surface area contributed by atoms with E-state index in [1.807, 2.05) is 0 Å². The summed E-state index contributed by atoms with van der Waals surface area (Å²) in [5.74, 6) is -4.37. The fourth-order valence-electron chi connectivity index (χ4n) is 3.33. The summed E-state index contributed by atoms with van der Waals surface area (Å²) in [6, 6.07) is 0. The highest BCUT2D eigenvalue weighted by Crippen LogP contribution is 2.35. The molecule has 2 N–H and O–H groups in total. The van der Waals surface area contributed by atoms with E-state index in [2.05, 4.69) is 10.6 Å². The first-order valence-corrected chi connectivity index (χ1v) is 8.59. The van der Waals surface area contributed by atoms with Gasteiger partial charge in [-0.25, -0.2) is 0 Å². The number of piperidine rings is 2. The summed E-state index contributed by atoms with van der Waals surface area (Å²) in [4.78, 5) is 17.9. The second kappa shape index (κ2) is 8.75. The smallest absolute Gasteiger partial charge is 0.0870 e. The number of rotatable bonds is 0. The summed E-state index contributed by atoms with van der Waals surface area (Å²) < 4.78 is 11.0. The zero-order valence-electron chi connectivity index (χ0n) is 13.9. The molecule has 4 aliphatic heterocycles. The summed E-state index contributed by atoms with van der Waals surface area (Å²) in [6.45, 7) is 6.61. The van der Waals surface area contributed by atoms with Gasteiger partial charge in [-0.15, -0.1) is 0 Å². The van der Waals surface area contributed by atoms with E-state index in [-0.39, 0.29) is 0 Å². The molecule has 0 aliphatic carbocycles. The molecule has 4 rings (SSSR count). The molecule has 0 aromatic carbocycles. The minimum Gasteiger partial charge on any atom is -0.543 e. The molecule has 24 heavy (non-hydrogen) atoms. The van der Waals surface area contributed by atoms with Crippen LogP contribution in [0.15, 0.2) is 0 Å². The van der Waals surface area contributed by atoms with E-state index < -0.39 is 11.9 Å². The molecule has 8 heteroatoms. The lowest BCUT2D eigenvalue weighted by molar-refractivity contribution is -0.345. The van der Waals surface area contributed by atoms with E-state index in [0.717, 1.165) is 39.4 Å². The second-order valence-electron chi connectivity index (χ2n) is 6.64. The van der Waals surface area contributed by atoms with Crippen molar-refractivity contribution in [1.29, 1.82) is 0 Å². The van der Waals surface area contributed by atoms with Crippen molar-refractivity contribution in [1.82, 2.24) is 10.6 Å². The molecule has 4 saturated heterocycles. The maximum Gasteiger partial charge on any atom is 0.0870 e. The van der Waals surface area contributed by atoms with Gasteiger partial charge in [-0.1, -0.05) is 0 Å². The number of carboxylic acids is 2. The van der Waals surface area contributed by atoms with Crippen LogP contribution in [0.3, 0.4) is 0 Å². The first-order valence-electron chi connectivity index (χ1n) is 8.59. The first kappa shape index (κ1) is 19.1. The monoisotopic (exact) mass is 342 g/mol. The molecule has 0 bridgehead atoms. The van der Waals surface area contributed by atoms with E-state index in [1.165, 1.54) is 38.5 Å². The Kier molecular flexibility index (Phi) is 6.97. The lowest BCUT2D eigenvalue weighted by atomic mass is 9.85. The second-order valence-corrected chi connectivity index (χ2v) is 6.64. The maximum absolute atomic E-state index is 8.93. The van der Waals surface area contributed by atoms with Crippen LogP contribution in [0.25, 0.3) is 0 Å². The third kappa shape index (κ3) is 5.41.